The van der Waals surface area contributed by atoms with Gasteiger partial charge in [0.2, 0.25) is 11.0 Å². The summed E-state index contributed by atoms with van der Waals surface area (Å²) in [4.78, 5) is 25.9. The summed E-state index contributed by atoms with van der Waals surface area (Å²) in [5.74, 6) is -0.115. The zero-order chi connectivity index (χ0) is 30.5. The van der Waals surface area contributed by atoms with E-state index in [1.165, 1.54) is 7.11 Å². The molecule has 1 atom stereocenters. The van der Waals surface area contributed by atoms with Crippen LogP contribution in [0.2, 0.25) is 0 Å². The first kappa shape index (κ1) is 30.3. The summed E-state index contributed by atoms with van der Waals surface area (Å²) in [6.45, 7) is 0. The van der Waals surface area contributed by atoms with Crippen molar-refractivity contribution < 1.29 is 40.7 Å². The smallest absolute Gasteiger partial charge is 0.416 e. The van der Waals surface area contributed by atoms with E-state index in [1.54, 1.807) is 54.6 Å². The molecule has 0 fully saturated rings. The van der Waals surface area contributed by atoms with Crippen molar-refractivity contribution in [2.75, 3.05) is 17.7 Å². The zero-order valence-electron chi connectivity index (χ0n) is 21.5. The lowest BCUT2D eigenvalue weighted by atomic mass is 10.1. The van der Waals surface area contributed by atoms with Gasteiger partial charge in [-0.25, -0.2) is 4.79 Å². The third kappa shape index (κ3) is 7.96. The average Bonchev–Trinajstić information content (AvgIpc) is 3.40. The van der Waals surface area contributed by atoms with Crippen molar-refractivity contribution in [3.05, 3.63) is 89.5 Å². The van der Waals surface area contributed by atoms with E-state index in [0.717, 1.165) is 11.3 Å². The van der Waals surface area contributed by atoms with Gasteiger partial charge in [0.25, 0.3) is 0 Å². The van der Waals surface area contributed by atoms with Crippen LogP contribution >= 0.6 is 11.3 Å². The van der Waals surface area contributed by atoms with Crippen LogP contribution < -0.4 is 20.7 Å². The summed E-state index contributed by atoms with van der Waals surface area (Å²) in [6, 6.07) is 13.6. The Balaban J connectivity index is 1.52. The molecule has 3 amide bonds. The Labute approximate surface area is 238 Å². The third-order valence-electron chi connectivity index (χ3n) is 5.74. The van der Waals surface area contributed by atoms with Crippen LogP contribution in [0, 0.1) is 0 Å². The fourth-order valence-corrected chi connectivity index (χ4v) is 4.48. The Morgan fingerprint density at radius 2 is 1.48 bits per heavy atom. The van der Waals surface area contributed by atoms with Crippen LogP contribution in [0.5, 0.6) is 5.75 Å². The number of rotatable bonds is 8. The number of benzene rings is 3. The predicted molar refractivity (Wildman–Crippen MR) is 143 cm³/mol. The van der Waals surface area contributed by atoms with Crippen molar-refractivity contribution in [3.8, 4) is 16.3 Å². The van der Waals surface area contributed by atoms with Crippen LogP contribution in [0.3, 0.4) is 0 Å². The van der Waals surface area contributed by atoms with Gasteiger partial charge in [-0.15, -0.1) is 10.2 Å². The zero-order valence-corrected chi connectivity index (χ0v) is 22.3. The molecule has 3 aromatic carbocycles. The van der Waals surface area contributed by atoms with Crippen molar-refractivity contribution in [2.45, 2.75) is 24.8 Å². The molecule has 220 valence electrons. The normalized spacial score (nSPS) is 12.4. The molecule has 0 saturated carbocycles. The number of anilines is 2. The molecule has 0 aliphatic carbocycles. The number of hydrogen-bond acceptors (Lipinski definition) is 6. The maximum Gasteiger partial charge on any atom is 0.416 e. The van der Waals surface area contributed by atoms with E-state index in [4.69, 9.17) is 4.74 Å². The van der Waals surface area contributed by atoms with Gasteiger partial charge in [-0.2, -0.15) is 26.3 Å². The van der Waals surface area contributed by atoms with Gasteiger partial charge in [0, 0.05) is 17.7 Å². The lowest BCUT2D eigenvalue weighted by Gasteiger charge is -2.19. The number of hydrogen-bond donors (Lipinski definition) is 3. The number of amides is 3. The molecule has 1 heterocycles. The first-order chi connectivity index (χ1) is 19.8. The third-order valence-corrected chi connectivity index (χ3v) is 6.63. The summed E-state index contributed by atoms with van der Waals surface area (Å²) in [6.07, 6.45) is -10.3. The van der Waals surface area contributed by atoms with Crippen molar-refractivity contribution in [2.24, 2.45) is 0 Å². The number of carbonyl (C=O) groups excluding carboxylic acids is 2. The topological polar surface area (TPSA) is 105 Å². The highest BCUT2D eigenvalue weighted by atomic mass is 32.1. The molecule has 42 heavy (non-hydrogen) atoms. The van der Waals surface area contributed by atoms with Gasteiger partial charge in [-0.05, 0) is 48.0 Å². The lowest BCUT2D eigenvalue weighted by molar-refractivity contribution is -0.143. The average molecular weight is 610 g/mol. The number of nitrogens with one attached hydrogen (secondary N) is 3. The number of nitrogens with zero attached hydrogens (tertiary/aromatic N) is 2. The van der Waals surface area contributed by atoms with E-state index < -0.39 is 47.1 Å². The molecule has 0 bridgehead atoms. The Hall–Kier alpha value is -4.66. The van der Waals surface area contributed by atoms with E-state index in [0.29, 0.717) is 34.0 Å². The summed E-state index contributed by atoms with van der Waals surface area (Å²) in [7, 11) is 1.52. The SMILES string of the molecule is COc1ccc(-c2nnc(NC(=O)C(Cc3ccccc3)NC(=O)Nc3cc(C(F)(F)F)cc(C(F)(F)F)c3)s2)cc1. The van der Waals surface area contributed by atoms with Crippen molar-refractivity contribution in [1.29, 1.82) is 0 Å². The molecule has 1 unspecified atom stereocenters. The minimum Gasteiger partial charge on any atom is -0.497 e. The van der Waals surface area contributed by atoms with Crippen LogP contribution in [0.4, 0.5) is 42.0 Å². The maximum absolute atomic E-state index is 13.2. The summed E-state index contributed by atoms with van der Waals surface area (Å²) >= 11 is 1.04. The van der Waals surface area contributed by atoms with Crippen LogP contribution in [-0.2, 0) is 23.6 Å². The second-order valence-corrected chi connectivity index (χ2v) is 9.74. The fraction of sp³-hybridized carbons (Fsp3) is 0.185. The lowest BCUT2D eigenvalue weighted by Crippen LogP contribution is -2.47. The standard InChI is InChI=1S/C27H21F6N5O3S/c1-41-20-9-7-16(8-10-20)23-37-38-25(42-23)36-22(39)21(11-15-5-3-2-4-6-15)35-24(40)34-19-13-17(26(28,29)30)12-18(14-19)27(31,32)33/h2-10,12-14,21H,11H2,1H3,(H2,34,35,40)(H,36,38,39). The highest BCUT2D eigenvalue weighted by Gasteiger charge is 2.37. The van der Waals surface area contributed by atoms with Gasteiger partial charge in [0.05, 0.1) is 18.2 Å². The molecule has 0 radical (unpaired) electrons. The molecule has 8 nitrogen and oxygen atoms in total. The minimum atomic E-state index is -5.10. The van der Waals surface area contributed by atoms with Gasteiger partial charge in [0.15, 0.2) is 0 Å². The molecule has 1 aromatic heterocycles. The Morgan fingerprint density at radius 3 is 2.05 bits per heavy atom. The van der Waals surface area contributed by atoms with Crippen LogP contribution in [0.15, 0.2) is 72.8 Å². The maximum atomic E-state index is 13.2. The molecule has 0 aliphatic heterocycles. The van der Waals surface area contributed by atoms with Crippen LogP contribution in [0.1, 0.15) is 16.7 Å². The predicted octanol–water partition coefficient (Wildman–Crippen LogP) is 6.62. The molecule has 0 aliphatic rings. The minimum absolute atomic E-state index is 0.0549. The van der Waals surface area contributed by atoms with Crippen LogP contribution in [-0.4, -0.2) is 35.3 Å². The van der Waals surface area contributed by atoms with Crippen molar-refractivity contribution in [3.63, 3.8) is 0 Å². The van der Waals surface area contributed by atoms with E-state index in [1.807, 2.05) is 5.32 Å². The molecule has 4 aromatic rings. The number of urea groups is 1. The highest BCUT2D eigenvalue weighted by molar-refractivity contribution is 7.18. The summed E-state index contributed by atoms with van der Waals surface area (Å²) in [5.41, 5.74) is -2.65. The van der Waals surface area contributed by atoms with Gasteiger partial charge >= 0.3 is 18.4 Å². The second-order valence-electron chi connectivity index (χ2n) is 8.77. The molecule has 15 heteroatoms. The fourth-order valence-electron chi connectivity index (χ4n) is 3.73. The number of ether oxygens (including phenoxy) is 1. The highest BCUT2D eigenvalue weighted by Crippen LogP contribution is 2.37. The Morgan fingerprint density at radius 1 is 0.857 bits per heavy atom. The van der Waals surface area contributed by atoms with E-state index >= 15 is 0 Å². The molecule has 0 saturated heterocycles. The first-order valence-electron chi connectivity index (χ1n) is 12.0. The van der Waals surface area contributed by atoms with E-state index in [2.05, 4.69) is 20.8 Å². The molecular weight excluding hydrogens is 588 g/mol. The molecule has 3 N–H and O–H groups in total. The van der Waals surface area contributed by atoms with Crippen molar-refractivity contribution >= 4 is 34.1 Å². The van der Waals surface area contributed by atoms with E-state index in [-0.39, 0.29) is 17.6 Å². The molecular formula is C27H21F6N5O3S. The van der Waals surface area contributed by atoms with Crippen LogP contribution in [0.25, 0.3) is 10.6 Å². The van der Waals surface area contributed by atoms with Gasteiger partial charge in [-0.3, -0.25) is 10.1 Å². The van der Waals surface area contributed by atoms with Gasteiger partial charge in [0.1, 0.15) is 16.8 Å². The van der Waals surface area contributed by atoms with Gasteiger partial charge in [-0.1, -0.05) is 41.7 Å². The number of carbonyl (C=O) groups is 2. The number of aromatic nitrogens is 2. The second kappa shape index (κ2) is 12.5. The molecule has 4 rings (SSSR count). The van der Waals surface area contributed by atoms with Gasteiger partial charge < -0.3 is 15.4 Å². The van der Waals surface area contributed by atoms with E-state index in [9.17, 15) is 35.9 Å². The monoisotopic (exact) mass is 609 g/mol. The molecule has 0 spiro atoms. The Bertz CT molecular complexity index is 1510. The summed E-state index contributed by atoms with van der Waals surface area (Å²) < 4.78 is 84.4. The number of halogens is 6. The number of methoxy groups -OCH3 is 1. The Kier molecular flexibility index (Phi) is 8.99. The number of alkyl halides is 6. The van der Waals surface area contributed by atoms with Crippen molar-refractivity contribution in [1.82, 2.24) is 15.5 Å². The quantitative estimate of drug-likeness (QED) is 0.195. The summed E-state index contributed by atoms with van der Waals surface area (Å²) in [5, 5.41) is 15.4. The first-order valence-corrected chi connectivity index (χ1v) is 12.8. The largest absolute Gasteiger partial charge is 0.497 e.